The first-order valence-corrected chi connectivity index (χ1v) is 6.63. The Kier molecular flexibility index (Phi) is 3.66. The number of hydrogen-bond donors (Lipinski definition) is 0. The number of rotatable bonds is 2. The summed E-state index contributed by atoms with van der Waals surface area (Å²) < 4.78 is 0. The Hall–Kier alpha value is -1.42. The number of carbonyl (C=O) groups is 1. The van der Waals surface area contributed by atoms with Crippen LogP contribution in [0.2, 0.25) is 0 Å². The number of thiocarbonyl (C=S) groups is 1. The van der Waals surface area contributed by atoms with Crippen molar-refractivity contribution in [3.63, 3.8) is 0 Å². The van der Waals surface area contributed by atoms with Crippen LogP contribution < -0.4 is 4.90 Å². The molecule has 1 aromatic rings. The molecule has 1 aliphatic heterocycles. The van der Waals surface area contributed by atoms with Gasteiger partial charge in [0.15, 0.2) is 5.11 Å². The molecule has 0 spiro atoms. The third-order valence-electron chi connectivity index (χ3n) is 3.19. The number of carbonyl (C=O) groups excluding carboxylic acids is 1. The van der Waals surface area contributed by atoms with Gasteiger partial charge in [0.25, 0.3) is 0 Å². The topological polar surface area (TPSA) is 23.6 Å². The van der Waals surface area contributed by atoms with Crippen LogP contribution in [0.4, 0.5) is 5.69 Å². The number of hydrogen-bond acceptors (Lipinski definition) is 2. The maximum Gasteiger partial charge on any atom is 0.237 e. The van der Waals surface area contributed by atoms with E-state index in [0.717, 1.165) is 5.69 Å². The van der Waals surface area contributed by atoms with E-state index in [0.29, 0.717) is 17.7 Å². The van der Waals surface area contributed by atoms with Crippen LogP contribution in [0.15, 0.2) is 30.3 Å². The van der Waals surface area contributed by atoms with Gasteiger partial charge in [-0.3, -0.25) is 9.69 Å². The van der Waals surface area contributed by atoms with Crippen molar-refractivity contribution in [1.82, 2.24) is 4.90 Å². The van der Waals surface area contributed by atoms with Crippen molar-refractivity contribution in [3.8, 4) is 0 Å². The van der Waals surface area contributed by atoms with Gasteiger partial charge < -0.3 is 4.90 Å². The molecule has 0 unspecified atom stereocenters. The molecule has 0 aromatic heterocycles. The largest absolute Gasteiger partial charge is 0.345 e. The second-order valence-electron chi connectivity index (χ2n) is 4.94. The number of nitrogens with zero attached hydrogens (tertiary/aromatic N) is 2. The SMILES string of the molecule is CC(C)N1C[C@@H](C)C(=O)N(c2ccccc2)C1=S. The third kappa shape index (κ3) is 2.25. The predicted molar refractivity (Wildman–Crippen MR) is 77.5 cm³/mol. The lowest BCUT2D eigenvalue weighted by molar-refractivity contribution is -0.122. The van der Waals surface area contributed by atoms with Gasteiger partial charge in [-0.1, -0.05) is 25.1 Å². The van der Waals surface area contributed by atoms with Crippen LogP contribution in [-0.2, 0) is 4.79 Å². The minimum absolute atomic E-state index is 0.0284. The zero-order valence-corrected chi connectivity index (χ0v) is 11.8. The normalized spacial score (nSPS) is 20.8. The van der Waals surface area contributed by atoms with Gasteiger partial charge in [0.1, 0.15) is 0 Å². The van der Waals surface area contributed by atoms with E-state index in [-0.39, 0.29) is 11.8 Å². The maximum atomic E-state index is 12.3. The minimum atomic E-state index is -0.0284. The highest BCUT2D eigenvalue weighted by Gasteiger charge is 2.35. The quantitative estimate of drug-likeness (QED) is 0.766. The molecule has 0 bridgehead atoms. The Morgan fingerprint density at radius 1 is 1.28 bits per heavy atom. The first-order chi connectivity index (χ1) is 8.52. The Labute approximate surface area is 113 Å². The lowest BCUT2D eigenvalue weighted by Crippen LogP contribution is -2.58. The molecule has 1 amide bonds. The van der Waals surface area contributed by atoms with Crippen LogP contribution in [0.3, 0.4) is 0 Å². The van der Waals surface area contributed by atoms with Gasteiger partial charge in [0, 0.05) is 12.6 Å². The van der Waals surface area contributed by atoms with Crippen LogP contribution in [0, 0.1) is 5.92 Å². The monoisotopic (exact) mass is 262 g/mol. The van der Waals surface area contributed by atoms with E-state index in [1.54, 1.807) is 4.90 Å². The highest BCUT2D eigenvalue weighted by Crippen LogP contribution is 2.24. The van der Waals surface area contributed by atoms with Crippen LogP contribution in [0.25, 0.3) is 0 Å². The molecule has 0 radical (unpaired) electrons. The van der Waals surface area contributed by atoms with Crippen LogP contribution >= 0.6 is 12.2 Å². The first-order valence-electron chi connectivity index (χ1n) is 6.22. The molecule has 2 rings (SSSR count). The summed E-state index contributed by atoms with van der Waals surface area (Å²) in [6, 6.07) is 9.92. The van der Waals surface area contributed by atoms with Crippen LogP contribution in [0.1, 0.15) is 20.8 Å². The average Bonchev–Trinajstić information content (AvgIpc) is 2.35. The van der Waals surface area contributed by atoms with Gasteiger partial charge in [0.2, 0.25) is 5.91 Å². The zero-order valence-electron chi connectivity index (χ0n) is 11.0. The molecule has 1 heterocycles. The molecule has 0 aliphatic carbocycles. The van der Waals surface area contributed by atoms with Gasteiger partial charge >= 0.3 is 0 Å². The smallest absolute Gasteiger partial charge is 0.237 e. The van der Waals surface area contributed by atoms with E-state index in [1.165, 1.54) is 0 Å². The van der Waals surface area contributed by atoms with Gasteiger partial charge in [-0.05, 0) is 38.2 Å². The fraction of sp³-hybridized carbons (Fsp3) is 0.429. The molecule has 18 heavy (non-hydrogen) atoms. The van der Waals surface area contributed by atoms with E-state index in [9.17, 15) is 4.79 Å². The molecule has 0 N–H and O–H groups in total. The fourth-order valence-electron chi connectivity index (χ4n) is 2.14. The van der Waals surface area contributed by atoms with Crippen molar-refractivity contribution >= 4 is 28.9 Å². The summed E-state index contributed by atoms with van der Waals surface area (Å²) in [5, 5.41) is 0.610. The summed E-state index contributed by atoms with van der Waals surface area (Å²) in [5.41, 5.74) is 0.852. The van der Waals surface area contributed by atoms with Gasteiger partial charge in [0.05, 0.1) is 11.6 Å². The number of anilines is 1. The lowest BCUT2D eigenvalue weighted by Gasteiger charge is -2.42. The van der Waals surface area contributed by atoms with E-state index in [4.69, 9.17) is 12.2 Å². The molecule has 3 nitrogen and oxygen atoms in total. The Morgan fingerprint density at radius 2 is 1.89 bits per heavy atom. The predicted octanol–water partition coefficient (Wildman–Crippen LogP) is 2.66. The van der Waals surface area contributed by atoms with Crippen LogP contribution in [-0.4, -0.2) is 28.5 Å². The van der Waals surface area contributed by atoms with Gasteiger partial charge in [-0.2, -0.15) is 0 Å². The third-order valence-corrected chi connectivity index (χ3v) is 3.60. The number of amides is 1. The van der Waals surface area contributed by atoms with E-state index < -0.39 is 0 Å². The maximum absolute atomic E-state index is 12.3. The number of benzene rings is 1. The molecule has 1 atom stereocenters. The summed E-state index contributed by atoms with van der Waals surface area (Å²) in [4.78, 5) is 16.1. The summed E-state index contributed by atoms with van der Waals surface area (Å²) in [5.74, 6) is 0.0578. The van der Waals surface area contributed by atoms with Crippen molar-refractivity contribution in [2.45, 2.75) is 26.8 Å². The molecule has 96 valence electrons. The molecular formula is C14H18N2OS. The zero-order chi connectivity index (χ0) is 13.3. The van der Waals surface area contributed by atoms with Crippen molar-refractivity contribution in [1.29, 1.82) is 0 Å². The van der Waals surface area contributed by atoms with Crippen molar-refractivity contribution in [3.05, 3.63) is 30.3 Å². The first kappa shape index (κ1) is 13.0. The molecule has 1 aliphatic rings. The molecule has 1 aromatic carbocycles. The van der Waals surface area contributed by atoms with Gasteiger partial charge in [-0.15, -0.1) is 0 Å². The minimum Gasteiger partial charge on any atom is -0.345 e. The molecule has 0 saturated carbocycles. The summed E-state index contributed by atoms with van der Waals surface area (Å²) in [6.45, 7) is 6.85. The average molecular weight is 262 g/mol. The van der Waals surface area contributed by atoms with E-state index in [2.05, 4.69) is 18.7 Å². The molecular weight excluding hydrogens is 244 g/mol. The summed E-state index contributed by atoms with van der Waals surface area (Å²) in [6.07, 6.45) is 0. The Morgan fingerprint density at radius 3 is 2.44 bits per heavy atom. The number of para-hydroxylation sites is 1. The standard InChI is InChI=1S/C14H18N2OS/c1-10(2)15-9-11(3)13(17)16(14(15)18)12-7-5-4-6-8-12/h4-8,10-11H,9H2,1-3H3/t11-/m1/s1. The van der Waals surface area contributed by atoms with Crippen LogP contribution in [0.5, 0.6) is 0 Å². The molecule has 1 fully saturated rings. The summed E-state index contributed by atoms with van der Waals surface area (Å²) >= 11 is 5.47. The highest BCUT2D eigenvalue weighted by molar-refractivity contribution is 7.80. The van der Waals surface area contributed by atoms with Gasteiger partial charge in [-0.25, -0.2) is 0 Å². The Balaban J connectivity index is 2.37. The lowest BCUT2D eigenvalue weighted by atomic mass is 10.1. The van der Waals surface area contributed by atoms with E-state index in [1.807, 2.05) is 37.3 Å². The van der Waals surface area contributed by atoms with Crippen molar-refractivity contribution < 1.29 is 4.79 Å². The van der Waals surface area contributed by atoms with Crippen molar-refractivity contribution in [2.75, 3.05) is 11.4 Å². The van der Waals surface area contributed by atoms with Crippen molar-refractivity contribution in [2.24, 2.45) is 5.92 Å². The van der Waals surface area contributed by atoms with E-state index >= 15 is 0 Å². The molecule has 4 heteroatoms. The summed E-state index contributed by atoms with van der Waals surface area (Å²) in [7, 11) is 0. The second kappa shape index (κ2) is 5.06. The second-order valence-corrected chi connectivity index (χ2v) is 5.30. The Bertz CT molecular complexity index is 458. The highest BCUT2D eigenvalue weighted by atomic mass is 32.1. The molecule has 1 saturated heterocycles. The fourth-order valence-corrected chi connectivity index (χ4v) is 2.62.